The third kappa shape index (κ3) is 5.46. The van der Waals surface area contributed by atoms with Gasteiger partial charge in [-0.25, -0.2) is 0 Å². The number of para-hydroxylation sites is 2. The van der Waals surface area contributed by atoms with Crippen molar-refractivity contribution in [2.75, 3.05) is 0 Å². The van der Waals surface area contributed by atoms with Gasteiger partial charge in [0.15, 0.2) is 0 Å². The summed E-state index contributed by atoms with van der Waals surface area (Å²) in [4.78, 5) is 14.0. The van der Waals surface area contributed by atoms with Crippen LogP contribution in [-0.4, -0.2) is 17.4 Å². The van der Waals surface area contributed by atoms with Crippen molar-refractivity contribution in [3.8, 4) is 0 Å². The minimum Gasteiger partial charge on any atom is -0.261 e. The molecule has 0 N–H and O–H groups in total. The molecule has 1 heterocycles. The van der Waals surface area contributed by atoms with Gasteiger partial charge in [-0.05, 0) is 48.2 Å². The first-order valence-electron chi connectivity index (χ1n) is 9.95. The van der Waals surface area contributed by atoms with Crippen molar-refractivity contribution in [2.24, 2.45) is 9.98 Å². The number of benzene rings is 2. The molecule has 0 radical (unpaired) electrons. The van der Waals surface area contributed by atoms with Crippen LogP contribution >= 0.6 is 0 Å². The third-order valence-corrected chi connectivity index (χ3v) is 4.67. The van der Waals surface area contributed by atoms with Gasteiger partial charge in [-0.15, -0.1) is 0 Å². The molecule has 0 amide bonds. The van der Waals surface area contributed by atoms with Crippen LogP contribution in [0.1, 0.15) is 36.4 Å². The lowest BCUT2D eigenvalue weighted by atomic mass is 10.1. The van der Waals surface area contributed by atoms with Crippen LogP contribution in [0.15, 0.2) is 76.7 Å². The van der Waals surface area contributed by atoms with Crippen molar-refractivity contribution in [3.63, 3.8) is 0 Å². The topological polar surface area (TPSA) is 37.6 Å². The molecule has 3 heteroatoms. The molecule has 2 aromatic carbocycles. The Morgan fingerprint density at radius 2 is 1.11 bits per heavy atom. The van der Waals surface area contributed by atoms with Gasteiger partial charge in [-0.3, -0.25) is 15.0 Å². The summed E-state index contributed by atoms with van der Waals surface area (Å²) >= 11 is 0. The highest BCUT2D eigenvalue weighted by atomic mass is 14.8. The fourth-order valence-electron chi connectivity index (χ4n) is 3.10. The Hall–Kier alpha value is -3.07. The second-order valence-corrected chi connectivity index (χ2v) is 6.62. The summed E-state index contributed by atoms with van der Waals surface area (Å²) in [7, 11) is 0. The minimum atomic E-state index is 0.724. The van der Waals surface area contributed by atoms with E-state index in [1.807, 2.05) is 36.7 Å². The second-order valence-electron chi connectivity index (χ2n) is 6.62. The molecule has 3 aromatic rings. The molecule has 0 aliphatic heterocycles. The van der Waals surface area contributed by atoms with Crippen LogP contribution in [0.4, 0.5) is 11.4 Å². The van der Waals surface area contributed by atoms with Gasteiger partial charge in [-0.1, -0.05) is 56.3 Å². The summed E-state index contributed by atoms with van der Waals surface area (Å²) in [5, 5.41) is 0. The molecule has 0 fully saturated rings. The van der Waals surface area contributed by atoms with E-state index in [2.05, 4.69) is 66.3 Å². The highest BCUT2D eigenvalue weighted by Gasteiger charge is 1.99. The normalized spacial score (nSPS) is 11.5. The molecule has 0 unspecified atom stereocenters. The summed E-state index contributed by atoms with van der Waals surface area (Å²) < 4.78 is 0. The number of nitrogens with zero attached hydrogens (tertiary/aromatic N) is 3. The second kappa shape index (κ2) is 10.3. The lowest BCUT2D eigenvalue weighted by Crippen LogP contribution is -1.97. The monoisotopic (exact) mass is 369 g/mol. The van der Waals surface area contributed by atoms with E-state index in [1.165, 1.54) is 11.1 Å². The van der Waals surface area contributed by atoms with Gasteiger partial charge in [0, 0.05) is 36.7 Å². The Kier molecular flexibility index (Phi) is 7.25. The van der Waals surface area contributed by atoms with Crippen molar-refractivity contribution < 1.29 is 0 Å². The molecule has 3 rings (SSSR count). The number of pyridine rings is 1. The van der Waals surface area contributed by atoms with Crippen molar-refractivity contribution in [1.29, 1.82) is 0 Å². The molecule has 0 bridgehead atoms. The summed E-state index contributed by atoms with van der Waals surface area (Å²) in [5.41, 5.74) is 6.67. The van der Waals surface area contributed by atoms with Gasteiger partial charge < -0.3 is 0 Å². The van der Waals surface area contributed by atoms with Gasteiger partial charge in [0.05, 0.1) is 11.4 Å². The lowest BCUT2D eigenvalue weighted by molar-refractivity contribution is 1.06. The van der Waals surface area contributed by atoms with E-state index in [0.29, 0.717) is 0 Å². The van der Waals surface area contributed by atoms with Gasteiger partial charge in [0.2, 0.25) is 0 Å². The molecule has 0 spiro atoms. The molecule has 0 saturated carbocycles. The fraction of sp³-hybridized carbons (Fsp3) is 0.240. The van der Waals surface area contributed by atoms with E-state index >= 15 is 0 Å². The SMILES string of the molecule is CCc1ccccc1N=CCc1cccc(CC=Nc2ccccc2CC)n1. The van der Waals surface area contributed by atoms with Gasteiger partial charge in [0.25, 0.3) is 0 Å². The number of aliphatic imine (C=N–C) groups is 2. The highest BCUT2D eigenvalue weighted by Crippen LogP contribution is 2.19. The van der Waals surface area contributed by atoms with Crippen LogP contribution in [0.3, 0.4) is 0 Å². The molecule has 142 valence electrons. The first-order valence-corrected chi connectivity index (χ1v) is 9.95. The zero-order valence-corrected chi connectivity index (χ0v) is 16.7. The number of aryl methyl sites for hydroxylation is 2. The zero-order chi connectivity index (χ0) is 19.6. The molecule has 0 aliphatic rings. The standard InChI is InChI=1S/C25H27N3/c1-3-20-10-5-7-14-24(20)26-18-16-22-12-9-13-23(28-22)17-19-27-25-15-8-6-11-21(25)4-2/h5-15,18-19H,3-4,16-17H2,1-2H3. The Balaban J connectivity index is 1.62. The summed E-state index contributed by atoms with van der Waals surface area (Å²) in [5.74, 6) is 0. The van der Waals surface area contributed by atoms with E-state index in [1.54, 1.807) is 0 Å². The largest absolute Gasteiger partial charge is 0.261 e. The van der Waals surface area contributed by atoms with Crippen LogP contribution in [-0.2, 0) is 25.7 Å². The predicted octanol–water partition coefficient (Wildman–Crippen LogP) is 6.10. The van der Waals surface area contributed by atoms with E-state index in [0.717, 1.165) is 48.4 Å². The first-order chi connectivity index (χ1) is 13.8. The molecule has 3 nitrogen and oxygen atoms in total. The Bertz CT molecular complexity index is 883. The molecule has 28 heavy (non-hydrogen) atoms. The smallest absolute Gasteiger partial charge is 0.0657 e. The van der Waals surface area contributed by atoms with Crippen molar-refractivity contribution in [1.82, 2.24) is 4.98 Å². The molecular weight excluding hydrogens is 342 g/mol. The van der Waals surface area contributed by atoms with E-state index in [9.17, 15) is 0 Å². The molecule has 0 aliphatic carbocycles. The van der Waals surface area contributed by atoms with Crippen LogP contribution in [0.5, 0.6) is 0 Å². The van der Waals surface area contributed by atoms with Crippen molar-refractivity contribution in [2.45, 2.75) is 39.5 Å². The lowest BCUT2D eigenvalue weighted by Gasteiger charge is -2.03. The van der Waals surface area contributed by atoms with Crippen LogP contribution in [0.2, 0.25) is 0 Å². The zero-order valence-electron chi connectivity index (χ0n) is 16.7. The highest BCUT2D eigenvalue weighted by molar-refractivity contribution is 5.68. The van der Waals surface area contributed by atoms with E-state index < -0.39 is 0 Å². The predicted molar refractivity (Wildman–Crippen MR) is 120 cm³/mol. The summed E-state index contributed by atoms with van der Waals surface area (Å²) in [6, 6.07) is 22.7. The molecule has 1 aromatic heterocycles. The van der Waals surface area contributed by atoms with Crippen LogP contribution < -0.4 is 0 Å². The summed E-state index contributed by atoms with van der Waals surface area (Å²) in [6.07, 6.45) is 7.32. The van der Waals surface area contributed by atoms with Crippen molar-refractivity contribution >= 4 is 23.8 Å². The maximum atomic E-state index is 4.74. The quantitative estimate of drug-likeness (QED) is 0.442. The minimum absolute atomic E-state index is 0.724. The third-order valence-electron chi connectivity index (χ3n) is 4.67. The van der Waals surface area contributed by atoms with E-state index in [4.69, 9.17) is 4.98 Å². The molecular formula is C25H27N3. The number of hydrogen-bond donors (Lipinski definition) is 0. The fourth-order valence-corrected chi connectivity index (χ4v) is 3.10. The maximum absolute atomic E-state index is 4.74. The number of hydrogen-bond acceptors (Lipinski definition) is 3. The maximum Gasteiger partial charge on any atom is 0.0657 e. The average molecular weight is 370 g/mol. The molecule has 0 atom stereocenters. The van der Waals surface area contributed by atoms with Gasteiger partial charge >= 0.3 is 0 Å². The summed E-state index contributed by atoms with van der Waals surface area (Å²) in [6.45, 7) is 4.31. The number of aromatic nitrogens is 1. The van der Waals surface area contributed by atoms with Crippen LogP contribution in [0.25, 0.3) is 0 Å². The van der Waals surface area contributed by atoms with E-state index in [-0.39, 0.29) is 0 Å². The number of rotatable bonds is 8. The average Bonchev–Trinajstić information content (AvgIpc) is 2.75. The van der Waals surface area contributed by atoms with Crippen LogP contribution in [0, 0.1) is 0 Å². The van der Waals surface area contributed by atoms with Gasteiger partial charge in [0.1, 0.15) is 0 Å². The van der Waals surface area contributed by atoms with Gasteiger partial charge in [-0.2, -0.15) is 0 Å². The Morgan fingerprint density at radius 1 is 0.643 bits per heavy atom. The molecule has 0 saturated heterocycles. The Morgan fingerprint density at radius 3 is 1.57 bits per heavy atom. The van der Waals surface area contributed by atoms with Crippen molar-refractivity contribution in [3.05, 3.63) is 89.2 Å². The Labute approximate surface area is 167 Å². The first kappa shape index (κ1) is 19.7.